The number of nitrogen functional groups attached to an aromatic ring is 1. The zero-order valence-corrected chi connectivity index (χ0v) is 13.6. The minimum Gasteiger partial charge on any atom is -0.381 e. The van der Waals surface area contributed by atoms with Crippen LogP contribution in [0, 0.1) is 5.92 Å². The number of nitrogens with one attached hydrogen (secondary N) is 1. The fraction of sp³-hybridized carbons (Fsp3) is 0.615. The summed E-state index contributed by atoms with van der Waals surface area (Å²) in [5.74, 6) is 0.797. The third kappa shape index (κ3) is 2.79. The number of aromatic nitrogens is 2. The molecule has 0 saturated heterocycles. The predicted octanol–water partition coefficient (Wildman–Crippen LogP) is 2.23. The molecule has 0 unspecified atom stereocenters. The van der Waals surface area contributed by atoms with Crippen LogP contribution in [-0.4, -0.2) is 23.8 Å². The Morgan fingerprint density at radius 2 is 2.14 bits per heavy atom. The largest absolute Gasteiger partial charge is 0.381 e. The van der Waals surface area contributed by atoms with E-state index in [9.17, 15) is 8.42 Å². The van der Waals surface area contributed by atoms with Gasteiger partial charge in [-0.1, -0.05) is 13.3 Å². The third-order valence-corrected chi connectivity index (χ3v) is 6.56. The van der Waals surface area contributed by atoms with E-state index in [1.165, 1.54) is 17.8 Å². The van der Waals surface area contributed by atoms with Crippen molar-refractivity contribution in [3.63, 3.8) is 0 Å². The second kappa shape index (κ2) is 5.58. The lowest BCUT2D eigenvalue weighted by Crippen LogP contribution is -2.38. The van der Waals surface area contributed by atoms with Crippen molar-refractivity contribution in [2.75, 3.05) is 5.73 Å². The van der Waals surface area contributed by atoms with E-state index in [4.69, 9.17) is 5.73 Å². The van der Waals surface area contributed by atoms with Crippen molar-refractivity contribution < 1.29 is 8.42 Å². The Balaban J connectivity index is 1.81. The van der Waals surface area contributed by atoms with Gasteiger partial charge in [0, 0.05) is 17.6 Å². The maximum atomic E-state index is 12.6. The van der Waals surface area contributed by atoms with Gasteiger partial charge in [-0.15, -0.1) is 11.3 Å². The molecule has 3 N–H and O–H groups in total. The molecule has 0 aromatic carbocycles. The fourth-order valence-corrected chi connectivity index (χ4v) is 5.30. The van der Waals surface area contributed by atoms with E-state index >= 15 is 0 Å². The molecule has 8 heteroatoms. The van der Waals surface area contributed by atoms with E-state index in [-0.39, 0.29) is 16.9 Å². The summed E-state index contributed by atoms with van der Waals surface area (Å²) in [4.78, 5) is 4.70. The molecule has 1 saturated carbocycles. The first-order chi connectivity index (χ1) is 10.0. The number of nitrogens with two attached hydrogens (primary N) is 1. The van der Waals surface area contributed by atoms with Gasteiger partial charge in [-0.05, 0) is 31.6 Å². The van der Waals surface area contributed by atoms with Gasteiger partial charge in [0.15, 0.2) is 15.8 Å². The molecule has 1 aliphatic rings. The van der Waals surface area contributed by atoms with Crippen LogP contribution in [-0.2, 0) is 10.0 Å². The number of nitrogens with zero attached hydrogens (tertiary/aromatic N) is 2. The van der Waals surface area contributed by atoms with Crippen LogP contribution in [0.2, 0.25) is 0 Å². The van der Waals surface area contributed by atoms with Crippen LogP contribution in [0.3, 0.4) is 0 Å². The number of hydrogen-bond acceptors (Lipinski definition) is 5. The van der Waals surface area contributed by atoms with Gasteiger partial charge in [0.2, 0.25) is 0 Å². The van der Waals surface area contributed by atoms with Crippen molar-refractivity contribution in [3.05, 3.63) is 11.6 Å². The highest BCUT2D eigenvalue weighted by atomic mass is 32.2. The standard InChI is InChI=1S/C13H20N4O2S2/c1-2-9-3-5-10(6-4-9)16-21(18,19)12-11(14)15-13-17(12)7-8-20-13/h7-10,16H,2-6,14H2,1H3. The van der Waals surface area contributed by atoms with E-state index in [1.54, 1.807) is 16.0 Å². The molecule has 6 nitrogen and oxygen atoms in total. The second-order valence-electron chi connectivity index (χ2n) is 5.60. The quantitative estimate of drug-likeness (QED) is 0.900. The fourth-order valence-electron chi connectivity index (χ4n) is 3.01. The number of thiazole rings is 1. The number of anilines is 1. The van der Waals surface area contributed by atoms with Gasteiger partial charge in [0.05, 0.1) is 0 Å². The molecule has 1 fully saturated rings. The summed E-state index contributed by atoms with van der Waals surface area (Å²) < 4.78 is 29.5. The molecular weight excluding hydrogens is 308 g/mol. The SMILES string of the molecule is CCC1CCC(NS(=O)(=O)c2c(N)nc3sccn23)CC1. The average molecular weight is 328 g/mol. The van der Waals surface area contributed by atoms with Crippen molar-refractivity contribution in [2.24, 2.45) is 5.92 Å². The highest BCUT2D eigenvalue weighted by Crippen LogP contribution is 2.29. The monoisotopic (exact) mass is 328 g/mol. The van der Waals surface area contributed by atoms with Crippen LogP contribution in [0.15, 0.2) is 16.6 Å². The third-order valence-electron chi connectivity index (χ3n) is 4.24. The summed E-state index contributed by atoms with van der Waals surface area (Å²) in [6.07, 6.45) is 6.81. The van der Waals surface area contributed by atoms with E-state index in [0.29, 0.717) is 4.96 Å². The Hall–Kier alpha value is -1.12. The first-order valence-corrected chi connectivity index (χ1v) is 9.61. The molecule has 1 aliphatic carbocycles. The normalized spacial score (nSPS) is 23.7. The van der Waals surface area contributed by atoms with Crippen LogP contribution < -0.4 is 10.5 Å². The number of rotatable bonds is 4. The van der Waals surface area contributed by atoms with Gasteiger partial charge in [-0.2, -0.15) is 0 Å². The number of sulfonamides is 1. The topological polar surface area (TPSA) is 89.5 Å². The molecule has 2 aromatic heterocycles. The number of hydrogen-bond donors (Lipinski definition) is 2. The Bertz CT molecular complexity index is 727. The highest BCUT2D eigenvalue weighted by Gasteiger charge is 2.29. The first-order valence-electron chi connectivity index (χ1n) is 7.24. The Labute approximate surface area is 128 Å². The van der Waals surface area contributed by atoms with Gasteiger partial charge < -0.3 is 5.73 Å². The molecule has 0 spiro atoms. The zero-order chi connectivity index (χ0) is 15.0. The van der Waals surface area contributed by atoms with E-state index in [2.05, 4.69) is 16.6 Å². The summed E-state index contributed by atoms with van der Waals surface area (Å²) in [5, 5.41) is 1.86. The first kappa shape index (κ1) is 14.8. The van der Waals surface area contributed by atoms with Gasteiger partial charge >= 0.3 is 0 Å². The summed E-state index contributed by atoms with van der Waals surface area (Å²) >= 11 is 1.37. The zero-order valence-electron chi connectivity index (χ0n) is 11.9. The number of fused-ring (bicyclic) bond motifs is 1. The molecule has 0 amide bonds. The summed E-state index contributed by atoms with van der Waals surface area (Å²) in [6, 6.07) is 0.00128. The highest BCUT2D eigenvalue weighted by molar-refractivity contribution is 7.89. The Morgan fingerprint density at radius 1 is 1.43 bits per heavy atom. The smallest absolute Gasteiger partial charge is 0.260 e. The molecule has 0 bridgehead atoms. The molecule has 0 radical (unpaired) electrons. The lowest BCUT2D eigenvalue weighted by atomic mass is 9.85. The van der Waals surface area contributed by atoms with E-state index in [0.717, 1.165) is 31.6 Å². The van der Waals surface area contributed by atoms with Crippen LogP contribution in [0.1, 0.15) is 39.0 Å². The summed E-state index contributed by atoms with van der Waals surface area (Å²) in [6.45, 7) is 2.19. The molecule has 0 atom stereocenters. The molecule has 0 aliphatic heterocycles. The van der Waals surface area contributed by atoms with Crippen molar-refractivity contribution in [1.29, 1.82) is 0 Å². The average Bonchev–Trinajstić information content (AvgIpc) is 2.98. The maximum absolute atomic E-state index is 12.6. The van der Waals surface area contributed by atoms with Crippen molar-refractivity contribution in [2.45, 2.75) is 50.1 Å². The van der Waals surface area contributed by atoms with Gasteiger partial charge in [-0.3, -0.25) is 4.40 Å². The van der Waals surface area contributed by atoms with Crippen molar-refractivity contribution >= 4 is 32.1 Å². The van der Waals surface area contributed by atoms with Crippen LogP contribution in [0.4, 0.5) is 5.82 Å². The Morgan fingerprint density at radius 3 is 2.81 bits per heavy atom. The molecular formula is C13H20N4O2S2. The summed E-state index contributed by atoms with van der Waals surface area (Å²) in [7, 11) is -3.64. The molecule has 116 valence electrons. The van der Waals surface area contributed by atoms with Crippen LogP contribution in [0.5, 0.6) is 0 Å². The van der Waals surface area contributed by atoms with Crippen LogP contribution >= 0.6 is 11.3 Å². The van der Waals surface area contributed by atoms with Crippen molar-refractivity contribution in [1.82, 2.24) is 14.1 Å². The van der Waals surface area contributed by atoms with Gasteiger partial charge in [0.25, 0.3) is 10.0 Å². The Kier molecular flexibility index (Phi) is 3.94. The lowest BCUT2D eigenvalue weighted by Gasteiger charge is -2.28. The molecule has 2 aromatic rings. The minimum absolute atomic E-state index is 0.00128. The maximum Gasteiger partial charge on any atom is 0.260 e. The van der Waals surface area contributed by atoms with Gasteiger partial charge in [-0.25, -0.2) is 18.1 Å². The van der Waals surface area contributed by atoms with E-state index in [1.807, 2.05) is 0 Å². The van der Waals surface area contributed by atoms with E-state index < -0.39 is 10.0 Å². The molecule has 21 heavy (non-hydrogen) atoms. The number of imidazole rings is 1. The minimum atomic E-state index is -3.64. The molecule has 2 heterocycles. The van der Waals surface area contributed by atoms with Crippen LogP contribution in [0.25, 0.3) is 4.96 Å². The van der Waals surface area contributed by atoms with Gasteiger partial charge in [0.1, 0.15) is 0 Å². The van der Waals surface area contributed by atoms with Crippen molar-refractivity contribution in [3.8, 4) is 0 Å². The second-order valence-corrected chi connectivity index (χ2v) is 8.11. The predicted molar refractivity (Wildman–Crippen MR) is 83.8 cm³/mol. The lowest BCUT2D eigenvalue weighted by molar-refractivity contribution is 0.306. The summed E-state index contributed by atoms with van der Waals surface area (Å²) in [5.41, 5.74) is 5.79. The molecule has 3 rings (SSSR count).